The molecular formula is C15H16N4O. The molecule has 0 bridgehead atoms. The van der Waals surface area contributed by atoms with E-state index >= 15 is 0 Å². The van der Waals surface area contributed by atoms with Crippen molar-refractivity contribution < 1.29 is 4.42 Å². The fourth-order valence-electron chi connectivity index (χ4n) is 2.12. The number of aromatic nitrogens is 3. The van der Waals surface area contributed by atoms with Crippen molar-refractivity contribution in [2.75, 3.05) is 5.32 Å². The van der Waals surface area contributed by atoms with Crippen LogP contribution >= 0.6 is 0 Å². The van der Waals surface area contributed by atoms with Crippen LogP contribution in [0.3, 0.4) is 0 Å². The van der Waals surface area contributed by atoms with E-state index in [1.165, 1.54) is 0 Å². The average molecular weight is 268 g/mol. The standard InChI is InChI=1S/C15H16N4O/c1-11-7-8-12(20-11)9-16-14-6-4-3-5-13(14)15-18-17-10-19(15)2/h3-8,10,16H,9H2,1-2H3. The predicted molar refractivity (Wildman–Crippen MR) is 77.2 cm³/mol. The summed E-state index contributed by atoms with van der Waals surface area (Å²) in [6, 6.07) is 12.0. The third kappa shape index (κ3) is 2.42. The van der Waals surface area contributed by atoms with Crippen LogP contribution in [0.25, 0.3) is 11.4 Å². The van der Waals surface area contributed by atoms with Gasteiger partial charge in [-0.1, -0.05) is 12.1 Å². The first-order valence-corrected chi connectivity index (χ1v) is 6.46. The number of hydrogen-bond acceptors (Lipinski definition) is 4. The summed E-state index contributed by atoms with van der Waals surface area (Å²) in [6.07, 6.45) is 1.70. The Morgan fingerprint density at radius 2 is 2.05 bits per heavy atom. The third-order valence-corrected chi connectivity index (χ3v) is 3.13. The van der Waals surface area contributed by atoms with Gasteiger partial charge in [0, 0.05) is 18.3 Å². The molecule has 0 atom stereocenters. The highest BCUT2D eigenvalue weighted by atomic mass is 16.3. The topological polar surface area (TPSA) is 55.9 Å². The van der Waals surface area contributed by atoms with Gasteiger partial charge in [0.1, 0.15) is 17.8 Å². The van der Waals surface area contributed by atoms with Gasteiger partial charge in [0.05, 0.1) is 6.54 Å². The molecule has 102 valence electrons. The van der Waals surface area contributed by atoms with Gasteiger partial charge in [-0.25, -0.2) is 0 Å². The van der Waals surface area contributed by atoms with Crippen LogP contribution in [0.4, 0.5) is 5.69 Å². The van der Waals surface area contributed by atoms with Crippen LogP contribution in [0.1, 0.15) is 11.5 Å². The lowest BCUT2D eigenvalue weighted by atomic mass is 10.1. The summed E-state index contributed by atoms with van der Waals surface area (Å²) in [6.45, 7) is 2.58. The minimum atomic E-state index is 0.642. The molecule has 0 radical (unpaired) electrons. The molecule has 0 aliphatic carbocycles. The van der Waals surface area contributed by atoms with Crippen LogP contribution in [0.5, 0.6) is 0 Å². The molecule has 0 aliphatic heterocycles. The van der Waals surface area contributed by atoms with Crippen molar-refractivity contribution in [3.05, 3.63) is 54.2 Å². The lowest BCUT2D eigenvalue weighted by molar-refractivity contribution is 0.490. The molecule has 0 aliphatic rings. The summed E-state index contributed by atoms with van der Waals surface area (Å²) in [5, 5.41) is 11.5. The Labute approximate surface area is 117 Å². The molecule has 0 fully saturated rings. The number of benzene rings is 1. The van der Waals surface area contributed by atoms with E-state index in [1.54, 1.807) is 6.33 Å². The highest BCUT2D eigenvalue weighted by Gasteiger charge is 2.09. The molecule has 0 unspecified atom stereocenters. The van der Waals surface area contributed by atoms with Gasteiger partial charge in [0.25, 0.3) is 0 Å². The normalized spacial score (nSPS) is 10.7. The number of nitrogens with one attached hydrogen (secondary N) is 1. The summed E-state index contributed by atoms with van der Waals surface area (Å²) in [5.74, 6) is 2.67. The first kappa shape index (κ1) is 12.5. The van der Waals surface area contributed by atoms with Crippen molar-refractivity contribution in [2.24, 2.45) is 7.05 Å². The molecule has 3 aromatic rings. The molecule has 1 aromatic carbocycles. The largest absolute Gasteiger partial charge is 0.465 e. The molecule has 3 rings (SSSR count). The first-order chi connectivity index (χ1) is 9.74. The number of aryl methyl sites for hydroxylation is 2. The van der Waals surface area contributed by atoms with Crippen molar-refractivity contribution in [3.8, 4) is 11.4 Å². The Hall–Kier alpha value is -2.56. The maximum atomic E-state index is 5.56. The zero-order valence-corrected chi connectivity index (χ0v) is 11.5. The Morgan fingerprint density at radius 3 is 2.75 bits per heavy atom. The molecule has 2 aromatic heterocycles. The summed E-state index contributed by atoms with van der Waals surface area (Å²) in [7, 11) is 1.93. The third-order valence-electron chi connectivity index (χ3n) is 3.13. The molecular weight excluding hydrogens is 252 g/mol. The second kappa shape index (κ2) is 5.21. The fraction of sp³-hybridized carbons (Fsp3) is 0.200. The fourth-order valence-corrected chi connectivity index (χ4v) is 2.12. The van der Waals surface area contributed by atoms with E-state index in [0.717, 1.165) is 28.6 Å². The van der Waals surface area contributed by atoms with Gasteiger partial charge >= 0.3 is 0 Å². The highest BCUT2D eigenvalue weighted by molar-refractivity contribution is 5.73. The van der Waals surface area contributed by atoms with Crippen molar-refractivity contribution in [1.29, 1.82) is 0 Å². The van der Waals surface area contributed by atoms with Crippen LogP contribution in [-0.4, -0.2) is 14.8 Å². The predicted octanol–water partition coefficient (Wildman–Crippen LogP) is 3.00. The lowest BCUT2D eigenvalue weighted by Crippen LogP contribution is -2.01. The van der Waals surface area contributed by atoms with Crippen LogP contribution in [-0.2, 0) is 13.6 Å². The quantitative estimate of drug-likeness (QED) is 0.790. The average Bonchev–Trinajstić information content (AvgIpc) is 3.05. The lowest BCUT2D eigenvalue weighted by Gasteiger charge is -2.10. The number of anilines is 1. The number of nitrogens with zero attached hydrogens (tertiary/aromatic N) is 3. The van der Waals surface area contributed by atoms with Gasteiger partial charge < -0.3 is 14.3 Å². The van der Waals surface area contributed by atoms with Crippen molar-refractivity contribution >= 4 is 5.69 Å². The Morgan fingerprint density at radius 1 is 1.20 bits per heavy atom. The van der Waals surface area contributed by atoms with E-state index < -0.39 is 0 Å². The maximum absolute atomic E-state index is 5.56. The Balaban J connectivity index is 1.85. The SMILES string of the molecule is Cc1ccc(CNc2ccccc2-c2nncn2C)o1. The first-order valence-electron chi connectivity index (χ1n) is 6.46. The van der Waals surface area contributed by atoms with E-state index in [-0.39, 0.29) is 0 Å². The second-order valence-electron chi connectivity index (χ2n) is 4.68. The summed E-state index contributed by atoms with van der Waals surface area (Å²) in [5.41, 5.74) is 2.04. The zero-order chi connectivity index (χ0) is 13.9. The van der Waals surface area contributed by atoms with Crippen LogP contribution in [0, 0.1) is 6.92 Å². The zero-order valence-electron chi connectivity index (χ0n) is 11.5. The van der Waals surface area contributed by atoms with Gasteiger partial charge in [-0.3, -0.25) is 0 Å². The Bertz CT molecular complexity index is 714. The van der Waals surface area contributed by atoms with E-state index in [9.17, 15) is 0 Å². The van der Waals surface area contributed by atoms with Crippen molar-refractivity contribution in [1.82, 2.24) is 14.8 Å². The molecule has 0 spiro atoms. The molecule has 5 nitrogen and oxygen atoms in total. The van der Waals surface area contributed by atoms with E-state index in [1.807, 2.05) is 54.9 Å². The molecule has 0 amide bonds. The smallest absolute Gasteiger partial charge is 0.165 e. The van der Waals surface area contributed by atoms with Crippen LogP contribution < -0.4 is 5.32 Å². The van der Waals surface area contributed by atoms with E-state index in [4.69, 9.17) is 4.42 Å². The monoisotopic (exact) mass is 268 g/mol. The molecule has 20 heavy (non-hydrogen) atoms. The molecule has 2 heterocycles. The number of rotatable bonds is 4. The van der Waals surface area contributed by atoms with E-state index in [0.29, 0.717) is 6.54 Å². The van der Waals surface area contributed by atoms with Crippen molar-refractivity contribution in [2.45, 2.75) is 13.5 Å². The minimum Gasteiger partial charge on any atom is -0.465 e. The van der Waals surface area contributed by atoms with Gasteiger partial charge in [-0.15, -0.1) is 10.2 Å². The summed E-state index contributed by atoms with van der Waals surface area (Å²) >= 11 is 0. The molecule has 5 heteroatoms. The van der Waals surface area contributed by atoms with Crippen LogP contribution in [0.15, 0.2) is 47.1 Å². The number of hydrogen-bond donors (Lipinski definition) is 1. The summed E-state index contributed by atoms with van der Waals surface area (Å²) in [4.78, 5) is 0. The van der Waals surface area contributed by atoms with Gasteiger partial charge in [-0.05, 0) is 31.2 Å². The summed E-state index contributed by atoms with van der Waals surface area (Å²) < 4.78 is 7.46. The molecule has 1 N–H and O–H groups in total. The maximum Gasteiger partial charge on any atom is 0.165 e. The highest BCUT2D eigenvalue weighted by Crippen LogP contribution is 2.26. The minimum absolute atomic E-state index is 0.642. The molecule has 0 saturated carbocycles. The van der Waals surface area contributed by atoms with Gasteiger partial charge in [-0.2, -0.15) is 0 Å². The second-order valence-corrected chi connectivity index (χ2v) is 4.68. The van der Waals surface area contributed by atoms with E-state index in [2.05, 4.69) is 15.5 Å². The molecule has 0 saturated heterocycles. The van der Waals surface area contributed by atoms with Crippen molar-refractivity contribution in [3.63, 3.8) is 0 Å². The van der Waals surface area contributed by atoms with Crippen LogP contribution in [0.2, 0.25) is 0 Å². The number of furan rings is 1. The van der Waals surface area contributed by atoms with Gasteiger partial charge in [0.2, 0.25) is 0 Å². The Kier molecular flexibility index (Phi) is 3.25. The van der Waals surface area contributed by atoms with Gasteiger partial charge in [0.15, 0.2) is 5.82 Å². The number of para-hydroxylation sites is 1.